The van der Waals surface area contributed by atoms with Crippen LogP contribution in [0.15, 0.2) is 102 Å². The van der Waals surface area contributed by atoms with Crippen molar-refractivity contribution < 1.29 is 9.53 Å². The third-order valence-electron chi connectivity index (χ3n) is 5.17. The largest absolute Gasteiger partial charge is 0.495 e. The number of para-hydroxylation sites is 2. The van der Waals surface area contributed by atoms with Gasteiger partial charge in [0, 0.05) is 26.3 Å². The van der Waals surface area contributed by atoms with Crippen molar-refractivity contribution in [3.63, 3.8) is 0 Å². The van der Waals surface area contributed by atoms with Crippen LogP contribution in [-0.2, 0) is 4.79 Å². The Morgan fingerprint density at radius 2 is 1.51 bits per heavy atom. The van der Waals surface area contributed by atoms with Crippen LogP contribution in [0.2, 0.25) is 10.0 Å². The van der Waals surface area contributed by atoms with Gasteiger partial charge in [-0.2, -0.15) is 0 Å². The van der Waals surface area contributed by atoms with Gasteiger partial charge in [0.05, 0.1) is 12.8 Å². The molecule has 0 heterocycles. The quantitative estimate of drug-likeness (QED) is 0.147. The summed E-state index contributed by atoms with van der Waals surface area (Å²) in [5.74, 6) is 0.495. The van der Waals surface area contributed by atoms with E-state index >= 15 is 0 Å². The fourth-order valence-electron chi connectivity index (χ4n) is 3.55. The summed E-state index contributed by atoms with van der Waals surface area (Å²) < 4.78 is 5.37. The van der Waals surface area contributed by atoms with E-state index in [0.717, 1.165) is 21.8 Å². The van der Waals surface area contributed by atoms with Crippen molar-refractivity contribution in [2.45, 2.75) is 10.1 Å². The van der Waals surface area contributed by atoms with Crippen molar-refractivity contribution in [2.24, 2.45) is 0 Å². The van der Waals surface area contributed by atoms with Crippen LogP contribution in [0, 0.1) is 0 Å². The molecule has 3 N–H and O–H groups in total. The Labute approximate surface area is 235 Å². The molecule has 4 aromatic rings. The molecule has 0 spiro atoms. The van der Waals surface area contributed by atoms with Gasteiger partial charge in [-0.1, -0.05) is 71.7 Å². The monoisotopic (exact) mass is 567 g/mol. The lowest BCUT2D eigenvalue weighted by Gasteiger charge is -2.18. The molecule has 37 heavy (non-hydrogen) atoms. The molecule has 0 aromatic heterocycles. The number of halogens is 2. The molecule has 0 bridgehead atoms. The third-order valence-corrected chi connectivity index (χ3v) is 7.06. The van der Waals surface area contributed by atoms with Gasteiger partial charge in [0.2, 0.25) is 5.91 Å². The Kier molecular flexibility index (Phi) is 9.30. The van der Waals surface area contributed by atoms with E-state index in [-0.39, 0.29) is 5.91 Å². The number of carbonyl (C=O) groups is 1. The molecule has 188 valence electrons. The molecule has 0 radical (unpaired) electrons. The zero-order valence-electron chi connectivity index (χ0n) is 19.7. The van der Waals surface area contributed by atoms with Gasteiger partial charge in [0.25, 0.3) is 0 Å². The number of methoxy groups -OCH3 is 1. The first kappa shape index (κ1) is 26.8. The van der Waals surface area contributed by atoms with Crippen LogP contribution in [0.1, 0.15) is 10.8 Å². The molecule has 0 aliphatic carbocycles. The summed E-state index contributed by atoms with van der Waals surface area (Å²) in [6, 6.07) is 29.8. The molecule has 0 saturated heterocycles. The molecule has 0 fully saturated rings. The topological polar surface area (TPSA) is 62.4 Å². The van der Waals surface area contributed by atoms with Gasteiger partial charge in [-0.15, -0.1) is 11.8 Å². The lowest BCUT2D eigenvalue weighted by atomic mass is 10.1. The number of anilines is 3. The molecular formula is C28H23Cl2N3O2S2. The highest BCUT2D eigenvalue weighted by Gasteiger charge is 2.22. The predicted molar refractivity (Wildman–Crippen MR) is 159 cm³/mol. The second-order valence-electron chi connectivity index (χ2n) is 7.86. The van der Waals surface area contributed by atoms with Crippen molar-refractivity contribution in [1.82, 2.24) is 0 Å². The SMILES string of the molecule is COc1ccccc1NC(=S)Nc1cccc(SC(C(=O)Nc2cc(Cl)cc(Cl)c2)c2ccccc2)c1. The fourth-order valence-corrected chi connectivity index (χ4v) is 5.39. The first-order valence-corrected chi connectivity index (χ1v) is 13.3. The first-order chi connectivity index (χ1) is 17.9. The zero-order chi connectivity index (χ0) is 26.2. The summed E-state index contributed by atoms with van der Waals surface area (Å²) >= 11 is 19.2. The molecule has 0 aliphatic rings. The summed E-state index contributed by atoms with van der Waals surface area (Å²) in [6.45, 7) is 0. The molecule has 5 nitrogen and oxygen atoms in total. The first-order valence-electron chi connectivity index (χ1n) is 11.2. The standard InChI is InChI=1S/C28H23Cl2N3O2S2/c1-35-25-13-6-5-12-24(25)33-28(36)32-21-10-7-11-23(17-21)37-26(18-8-3-2-4-9-18)27(34)31-22-15-19(29)14-20(30)16-22/h2-17,26H,1H3,(H,31,34)(H2,32,33,36). The van der Waals surface area contributed by atoms with Crippen LogP contribution >= 0.6 is 47.2 Å². The summed E-state index contributed by atoms with van der Waals surface area (Å²) in [4.78, 5) is 14.3. The van der Waals surface area contributed by atoms with Gasteiger partial charge in [-0.3, -0.25) is 4.79 Å². The minimum atomic E-state index is -0.520. The summed E-state index contributed by atoms with van der Waals surface area (Å²) in [6.07, 6.45) is 0. The Bertz CT molecular complexity index is 1380. The van der Waals surface area contributed by atoms with Gasteiger partial charge in [-0.05, 0) is 66.3 Å². The van der Waals surface area contributed by atoms with Gasteiger partial charge in [0.15, 0.2) is 5.11 Å². The minimum Gasteiger partial charge on any atom is -0.495 e. The fraction of sp³-hybridized carbons (Fsp3) is 0.0714. The average molecular weight is 569 g/mol. The lowest BCUT2D eigenvalue weighted by molar-refractivity contribution is -0.115. The third kappa shape index (κ3) is 7.63. The Morgan fingerprint density at radius 3 is 2.24 bits per heavy atom. The summed E-state index contributed by atoms with van der Waals surface area (Å²) in [7, 11) is 1.61. The lowest BCUT2D eigenvalue weighted by Crippen LogP contribution is -2.20. The molecule has 9 heteroatoms. The van der Waals surface area contributed by atoms with E-state index in [4.69, 9.17) is 40.2 Å². The van der Waals surface area contributed by atoms with Gasteiger partial charge in [-0.25, -0.2) is 0 Å². The van der Waals surface area contributed by atoms with Crippen LogP contribution in [0.3, 0.4) is 0 Å². The Balaban J connectivity index is 1.51. The number of nitrogens with one attached hydrogen (secondary N) is 3. The van der Waals surface area contributed by atoms with E-state index in [1.165, 1.54) is 11.8 Å². The van der Waals surface area contributed by atoms with Crippen LogP contribution in [-0.4, -0.2) is 18.1 Å². The number of hydrogen-bond acceptors (Lipinski definition) is 4. The second-order valence-corrected chi connectivity index (χ2v) is 10.3. The number of amides is 1. The van der Waals surface area contributed by atoms with E-state index in [2.05, 4.69) is 16.0 Å². The van der Waals surface area contributed by atoms with Gasteiger partial charge >= 0.3 is 0 Å². The Hall–Kier alpha value is -3.23. The smallest absolute Gasteiger partial charge is 0.242 e. The normalized spacial score (nSPS) is 11.3. The second kappa shape index (κ2) is 12.8. The van der Waals surface area contributed by atoms with Crippen LogP contribution in [0.25, 0.3) is 0 Å². The number of thiocarbonyl (C=S) groups is 1. The highest BCUT2D eigenvalue weighted by atomic mass is 35.5. The van der Waals surface area contributed by atoms with Crippen molar-refractivity contribution >= 4 is 75.3 Å². The molecule has 4 aromatic carbocycles. The number of hydrogen-bond donors (Lipinski definition) is 3. The average Bonchev–Trinajstić information content (AvgIpc) is 2.87. The molecule has 4 rings (SSSR count). The van der Waals surface area contributed by atoms with E-state index in [0.29, 0.717) is 26.6 Å². The number of carbonyl (C=O) groups excluding carboxylic acids is 1. The van der Waals surface area contributed by atoms with E-state index in [1.807, 2.05) is 78.9 Å². The number of benzene rings is 4. The molecule has 0 aliphatic heterocycles. The zero-order valence-corrected chi connectivity index (χ0v) is 22.8. The molecule has 1 amide bonds. The maximum atomic E-state index is 13.4. The van der Waals surface area contributed by atoms with E-state index < -0.39 is 5.25 Å². The number of ether oxygens (including phenoxy) is 1. The highest BCUT2D eigenvalue weighted by Crippen LogP contribution is 2.37. The van der Waals surface area contributed by atoms with E-state index in [1.54, 1.807) is 25.3 Å². The van der Waals surface area contributed by atoms with Crippen LogP contribution in [0.4, 0.5) is 17.1 Å². The summed E-state index contributed by atoms with van der Waals surface area (Å²) in [5.41, 5.74) is 2.94. The highest BCUT2D eigenvalue weighted by molar-refractivity contribution is 8.00. The maximum Gasteiger partial charge on any atom is 0.242 e. The number of rotatable bonds is 8. The van der Waals surface area contributed by atoms with Crippen molar-refractivity contribution in [1.29, 1.82) is 0 Å². The molecule has 0 saturated carbocycles. The van der Waals surface area contributed by atoms with Crippen LogP contribution < -0.4 is 20.7 Å². The minimum absolute atomic E-state index is 0.193. The van der Waals surface area contributed by atoms with Crippen LogP contribution in [0.5, 0.6) is 5.75 Å². The van der Waals surface area contributed by atoms with Gasteiger partial charge in [0.1, 0.15) is 11.0 Å². The molecule has 1 unspecified atom stereocenters. The maximum absolute atomic E-state index is 13.4. The van der Waals surface area contributed by atoms with Crippen molar-refractivity contribution in [2.75, 3.05) is 23.1 Å². The summed E-state index contributed by atoms with van der Waals surface area (Å²) in [5, 5.41) is 10.1. The van der Waals surface area contributed by atoms with Crippen molar-refractivity contribution in [3.8, 4) is 5.75 Å². The van der Waals surface area contributed by atoms with Crippen molar-refractivity contribution in [3.05, 3.63) is 113 Å². The number of thioether (sulfide) groups is 1. The molecule has 1 atom stereocenters. The van der Waals surface area contributed by atoms with Gasteiger partial charge < -0.3 is 20.7 Å². The Morgan fingerprint density at radius 1 is 0.811 bits per heavy atom. The van der Waals surface area contributed by atoms with E-state index in [9.17, 15) is 4.79 Å². The molecular weight excluding hydrogens is 545 g/mol. The predicted octanol–water partition coefficient (Wildman–Crippen LogP) is 8.28.